The molecule has 48 heavy (non-hydrogen) atoms. The first-order valence-electron chi connectivity index (χ1n) is 16.7. The van der Waals surface area contributed by atoms with Gasteiger partial charge in [-0.3, -0.25) is 0 Å². The summed E-state index contributed by atoms with van der Waals surface area (Å²) in [6.45, 7) is 0. The van der Waals surface area contributed by atoms with Crippen LogP contribution in [0.1, 0.15) is 0 Å². The molecule has 0 spiro atoms. The van der Waals surface area contributed by atoms with Gasteiger partial charge < -0.3 is 0 Å². The molecule has 222 valence electrons. The maximum atomic E-state index is 2.43. The van der Waals surface area contributed by atoms with Crippen molar-refractivity contribution in [3.05, 3.63) is 182 Å². The Bertz CT molecular complexity index is 2870. The molecular weight excluding hydrogens is 577 g/mol. The highest BCUT2D eigenvalue weighted by atomic mass is 14.2. The van der Waals surface area contributed by atoms with Gasteiger partial charge in [0.2, 0.25) is 0 Å². The lowest BCUT2D eigenvalue weighted by Gasteiger charge is -2.17. The summed E-state index contributed by atoms with van der Waals surface area (Å²) in [6, 6.07) is 67.1. The number of rotatable bonds is 3. The Hall–Kier alpha value is -6.24. The maximum Gasteiger partial charge on any atom is -0.00199 e. The summed E-state index contributed by atoms with van der Waals surface area (Å²) in [5.41, 5.74) is 7.45. The maximum absolute atomic E-state index is 2.43. The minimum atomic E-state index is 1.22. The van der Waals surface area contributed by atoms with Gasteiger partial charge in [-0.1, -0.05) is 158 Å². The van der Waals surface area contributed by atoms with Crippen LogP contribution < -0.4 is 0 Å². The van der Waals surface area contributed by atoms with E-state index in [2.05, 4.69) is 182 Å². The van der Waals surface area contributed by atoms with Gasteiger partial charge in [-0.15, -0.1) is 0 Å². The summed E-state index contributed by atoms with van der Waals surface area (Å²) >= 11 is 0. The molecule has 0 heterocycles. The fourth-order valence-corrected chi connectivity index (χ4v) is 7.82. The Morgan fingerprint density at radius 1 is 0.208 bits per heavy atom. The van der Waals surface area contributed by atoms with Gasteiger partial charge in [0.25, 0.3) is 0 Å². The van der Waals surface area contributed by atoms with Gasteiger partial charge in [-0.05, 0) is 122 Å². The Morgan fingerprint density at radius 3 is 1.31 bits per heavy atom. The molecular formula is C48H30. The Labute approximate surface area is 279 Å². The summed E-state index contributed by atoms with van der Waals surface area (Å²) in [7, 11) is 0. The summed E-state index contributed by atoms with van der Waals surface area (Å²) < 4.78 is 0. The molecule has 0 radical (unpaired) electrons. The molecule has 10 aromatic carbocycles. The second kappa shape index (κ2) is 10.7. The van der Waals surface area contributed by atoms with Crippen molar-refractivity contribution < 1.29 is 0 Å². The van der Waals surface area contributed by atoms with Crippen molar-refractivity contribution in [2.45, 2.75) is 0 Å². The fourth-order valence-electron chi connectivity index (χ4n) is 7.82. The van der Waals surface area contributed by atoms with Crippen molar-refractivity contribution in [1.82, 2.24) is 0 Å². The van der Waals surface area contributed by atoms with E-state index in [1.54, 1.807) is 0 Å². The van der Waals surface area contributed by atoms with Gasteiger partial charge in [-0.2, -0.15) is 0 Å². The van der Waals surface area contributed by atoms with Gasteiger partial charge >= 0.3 is 0 Å². The van der Waals surface area contributed by atoms with Crippen molar-refractivity contribution in [2.75, 3.05) is 0 Å². The van der Waals surface area contributed by atoms with Crippen LogP contribution in [-0.4, -0.2) is 0 Å². The van der Waals surface area contributed by atoms with Crippen molar-refractivity contribution in [1.29, 1.82) is 0 Å². The van der Waals surface area contributed by atoms with E-state index in [9.17, 15) is 0 Å². The molecule has 0 unspecified atom stereocenters. The van der Waals surface area contributed by atoms with Crippen LogP contribution in [0.4, 0.5) is 0 Å². The summed E-state index contributed by atoms with van der Waals surface area (Å²) in [5, 5.41) is 15.4. The quantitative estimate of drug-likeness (QED) is 0.176. The lowest BCUT2D eigenvalue weighted by atomic mass is 9.86. The monoisotopic (exact) mass is 606 g/mol. The highest BCUT2D eigenvalue weighted by molar-refractivity contribution is 6.33. The third kappa shape index (κ3) is 4.24. The molecule has 0 saturated heterocycles. The molecule has 10 rings (SSSR count). The highest BCUT2D eigenvalue weighted by Gasteiger charge is 2.16. The topological polar surface area (TPSA) is 0 Å². The number of fused-ring (bicyclic) bond motifs is 10. The largest absolute Gasteiger partial charge is 0.0616 e. The van der Waals surface area contributed by atoms with Gasteiger partial charge in [0.05, 0.1) is 0 Å². The smallest absolute Gasteiger partial charge is 0.00199 e. The summed E-state index contributed by atoms with van der Waals surface area (Å²) in [4.78, 5) is 0. The predicted octanol–water partition coefficient (Wildman–Crippen LogP) is 13.6. The molecule has 0 aliphatic carbocycles. The zero-order valence-electron chi connectivity index (χ0n) is 26.3. The Balaban J connectivity index is 1.16. The molecule has 0 nitrogen and oxygen atoms in total. The van der Waals surface area contributed by atoms with Crippen LogP contribution in [0.15, 0.2) is 182 Å². The van der Waals surface area contributed by atoms with E-state index in [-0.39, 0.29) is 0 Å². The third-order valence-electron chi connectivity index (χ3n) is 10.2. The third-order valence-corrected chi connectivity index (χ3v) is 10.2. The minimum Gasteiger partial charge on any atom is -0.0616 e. The average molecular weight is 607 g/mol. The first kappa shape index (κ1) is 26.9. The van der Waals surface area contributed by atoms with E-state index < -0.39 is 0 Å². The predicted molar refractivity (Wildman–Crippen MR) is 208 cm³/mol. The van der Waals surface area contributed by atoms with E-state index >= 15 is 0 Å². The Kier molecular flexibility index (Phi) is 5.98. The first-order chi connectivity index (χ1) is 23.8. The molecule has 0 aliphatic heterocycles. The van der Waals surface area contributed by atoms with E-state index in [1.807, 2.05) is 0 Å². The van der Waals surface area contributed by atoms with Gasteiger partial charge in [0.15, 0.2) is 0 Å². The Morgan fingerprint density at radius 2 is 0.646 bits per heavy atom. The molecule has 0 aliphatic rings. The van der Waals surface area contributed by atoms with Crippen molar-refractivity contribution in [3.63, 3.8) is 0 Å². The summed E-state index contributed by atoms with van der Waals surface area (Å²) in [6.07, 6.45) is 0. The number of hydrogen-bond donors (Lipinski definition) is 0. The number of hydrogen-bond acceptors (Lipinski definition) is 0. The molecule has 0 fully saturated rings. The zero-order valence-corrected chi connectivity index (χ0v) is 26.3. The minimum absolute atomic E-state index is 1.22. The van der Waals surface area contributed by atoms with Crippen LogP contribution in [0.3, 0.4) is 0 Å². The second-order valence-corrected chi connectivity index (χ2v) is 12.9. The van der Waals surface area contributed by atoms with E-state index in [1.165, 1.54) is 98.0 Å². The van der Waals surface area contributed by atoms with Crippen molar-refractivity contribution in [2.24, 2.45) is 0 Å². The molecule has 0 heteroatoms. The normalized spacial score (nSPS) is 11.8. The lowest BCUT2D eigenvalue weighted by molar-refractivity contribution is 1.62. The number of benzene rings is 10. The van der Waals surface area contributed by atoms with Crippen LogP contribution in [0, 0.1) is 0 Å². The van der Waals surface area contributed by atoms with Gasteiger partial charge in [0.1, 0.15) is 0 Å². The van der Waals surface area contributed by atoms with Crippen LogP contribution in [-0.2, 0) is 0 Å². The lowest BCUT2D eigenvalue weighted by Crippen LogP contribution is -1.89. The van der Waals surface area contributed by atoms with Gasteiger partial charge in [-0.25, -0.2) is 0 Å². The second-order valence-electron chi connectivity index (χ2n) is 12.9. The van der Waals surface area contributed by atoms with E-state index in [4.69, 9.17) is 0 Å². The van der Waals surface area contributed by atoms with E-state index in [0.29, 0.717) is 0 Å². The standard InChI is InChI=1S/C48H30/c1-3-11-35-27-37(23-21-31(35)9-1)33-17-19-34(20-18-33)38-25-26-44-46(29-38)40-13-5-6-14-41(40)47-30-45(42-15-7-8-16-43(42)48(44)47)39-24-22-32-10-2-4-12-36(32)28-39/h1-30H. The van der Waals surface area contributed by atoms with Crippen molar-refractivity contribution in [3.8, 4) is 33.4 Å². The molecule has 0 bridgehead atoms. The summed E-state index contributed by atoms with van der Waals surface area (Å²) in [5.74, 6) is 0. The molecule has 0 amide bonds. The van der Waals surface area contributed by atoms with Gasteiger partial charge in [0, 0.05) is 0 Å². The molecule has 0 atom stereocenters. The van der Waals surface area contributed by atoms with Crippen LogP contribution in [0.25, 0.3) is 98.0 Å². The molecule has 0 aromatic heterocycles. The molecule has 10 aromatic rings. The van der Waals surface area contributed by atoms with Crippen LogP contribution in [0.2, 0.25) is 0 Å². The zero-order chi connectivity index (χ0) is 31.6. The molecule has 0 N–H and O–H groups in total. The first-order valence-corrected chi connectivity index (χ1v) is 16.7. The van der Waals surface area contributed by atoms with Crippen LogP contribution >= 0.6 is 0 Å². The average Bonchev–Trinajstić information content (AvgIpc) is 3.17. The van der Waals surface area contributed by atoms with Crippen molar-refractivity contribution >= 4 is 64.6 Å². The van der Waals surface area contributed by atoms with E-state index in [0.717, 1.165) is 0 Å². The highest BCUT2D eigenvalue weighted by Crippen LogP contribution is 2.44. The fraction of sp³-hybridized carbons (Fsp3) is 0. The molecule has 0 saturated carbocycles. The SMILES string of the molecule is c1ccc2cc(-c3ccc(-c4ccc5c(c4)c4ccccc4c4cc(-c6ccc7ccccc7c6)c6ccccc6c54)cc3)ccc2c1. The van der Waals surface area contributed by atoms with Crippen LogP contribution in [0.5, 0.6) is 0 Å².